The van der Waals surface area contributed by atoms with E-state index in [2.05, 4.69) is 27.0 Å². The molecule has 3 heterocycles. The van der Waals surface area contributed by atoms with Gasteiger partial charge in [-0.1, -0.05) is 18.5 Å². The first-order valence-corrected chi connectivity index (χ1v) is 7.33. The lowest BCUT2D eigenvalue weighted by molar-refractivity contribution is 0.285. The minimum absolute atomic E-state index is 0.709. The van der Waals surface area contributed by atoms with Gasteiger partial charge in [0.1, 0.15) is 11.5 Å². The Hall–Kier alpha value is -1.40. The van der Waals surface area contributed by atoms with Crippen molar-refractivity contribution in [2.24, 2.45) is 7.05 Å². The second-order valence-corrected chi connectivity index (χ2v) is 5.54. The van der Waals surface area contributed by atoms with Gasteiger partial charge in [0.05, 0.1) is 10.7 Å². The number of aromatic nitrogens is 5. The summed E-state index contributed by atoms with van der Waals surface area (Å²) in [6.45, 7) is 7.92. The average molecular weight is 295 g/mol. The standard InChI is InChI=1S/C13H19ClN6/c1-4-19-6-5-7-20-10(8-19)11(14)12(17-20)13-15-9(2)16-18(13)3/h4-8H2,1-3H3. The molecule has 0 aromatic carbocycles. The van der Waals surface area contributed by atoms with E-state index < -0.39 is 0 Å². The van der Waals surface area contributed by atoms with Crippen molar-refractivity contribution in [2.75, 3.05) is 13.1 Å². The first-order chi connectivity index (χ1) is 9.60. The van der Waals surface area contributed by atoms with Gasteiger partial charge in [0.25, 0.3) is 0 Å². The van der Waals surface area contributed by atoms with E-state index in [0.29, 0.717) is 5.02 Å². The van der Waals surface area contributed by atoms with Crippen LogP contribution < -0.4 is 0 Å². The topological polar surface area (TPSA) is 51.8 Å². The molecule has 1 aliphatic rings. The van der Waals surface area contributed by atoms with Gasteiger partial charge in [0.2, 0.25) is 0 Å². The van der Waals surface area contributed by atoms with Gasteiger partial charge in [-0.2, -0.15) is 10.2 Å². The van der Waals surface area contributed by atoms with E-state index in [1.165, 1.54) is 0 Å². The number of aryl methyl sites for hydroxylation is 3. The van der Waals surface area contributed by atoms with Crippen LogP contribution in [-0.4, -0.2) is 42.5 Å². The van der Waals surface area contributed by atoms with Crippen LogP contribution in [0.25, 0.3) is 11.5 Å². The number of fused-ring (bicyclic) bond motifs is 1. The molecule has 2 aromatic rings. The van der Waals surface area contributed by atoms with Crippen molar-refractivity contribution < 1.29 is 0 Å². The van der Waals surface area contributed by atoms with Gasteiger partial charge in [-0.25, -0.2) is 9.67 Å². The van der Waals surface area contributed by atoms with Gasteiger partial charge >= 0.3 is 0 Å². The van der Waals surface area contributed by atoms with Crippen LogP contribution in [0.2, 0.25) is 5.02 Å². The number of hydrogen-bond donors (Lipinski definition) is 0. The first kappa shape index (κ1) is 13.6. The molecule has 0 N–H and O–H groups in total. The van der Waals surface area contributed by atoms with Crippen molar-refractivity contribution in [3.8, 4) is 11.5 Å². The molecular formula is C13H19ClN6. The van der Waals surface area contributed by atoms with Crippen LogP contribution in [0.4, 0.5) is 0 Å². The maximum Gasteiger partial charge on any atom is 0.180 e. The summed E-state index contributed by atoms with van der Waals surface area (Å²) < 4.78 is 3.76. The lowest BCUT2D eigenvalue weighted by Crippen LogP contribution is -2.22. The molecule has 0 radical (unpaired) electrons. The van der Waals surface area contributed by atoms with Crippen molar-refractivity contribution in [2.45, 2.75) is 33.4 Å². The fourth-order valence-corrected chi connectivity index (χ4v) is 2.96. The molecule has 0 aliphatic carbocycles. The Labute approximate surface area is 123 Å². The maximum atomic E-state index is 6.56. The molecule has 0 saturated carbocycles. The van der Waals surface area contributed by atoms with Gasteiger partial charge < -0.3 is 0 Å². The van der Waals surface area contributed by atoms with E-state index in [-0.39, 0.29) is 0 Å². The highest BCUT2D eigenvalue weighted by Crippen LogP contribution is 2.30. The monoisotopic (exact) mass is 294 g/mol. The zero-order valence-electron chi connectivity index (χ0n) is 12.1. The quantitative estimate of drug-likeness (QED) is 0.848. The molecule has 0 bridgehead atoms. The van der Waals surface area contributed by atoms with Crippen molar-refractivity contribution in [3.63, 3.8) is 0 Å². The zero-order chi connectivity index (χ0) is 14.3. The van der Waals surface area contributed by atoms with E-state index in [9.17, 15) is 0 Å². The lowest BCUT2D eigenvalue weighted by Gasteiger charge is -2.16. The summed E-state index contributed by atoms with van der Waals surface area (Å²) in [4.78, 5) is 6.81. The van der Waals surface area contributed by atoms with Crippen LogP contribution in [0.3, 0.4) is 0 Å². The molecule has 3 rings (SSSR count). The van der Waals surface area contributed by atoms with Gasteiger partial charge in [-0.15, -0.1) is 0 Å². The molecule has 108 valence electrons. The molecule has 0 spiro atoms. The Kier molecular flexibility index (Phi) is 3.52. The first-order valence-electron chi connectivity index (χ1n) is 6.95. The van der Waals surface area contributed by atoms with Crippen LogP contribution in [-0.2, 0) is 20.1 Å². The van der Waals surface area contributed by atoms with Crippen molar-refractivity contribution in [1.82, 2.24) is 29.4 Å². The minimum Gasteiger partial charge on any atom is -0.298 e. The van der Waals surface area contributed by atoms with E-state index in [1.54, 1.807) is 4.68 Å². The second-order valence-electron chi connectivity index (χ2n) is 5.16. The van der Waals surface area contributed by atoms with Crippen molar-refractivity contribution >= 4 is 11.6 Å². The smallest absolute Gasteiger partial charge is 0.180 e. The number of halogens is 1. The summed E-state index contributed by atoms with van der Waals surface area (Å²) in [5.74, 6) is 1.47. The Morgan fingerprint density at radius 3 is 2.70 bits per heavy atom. The molecule has 0 fully saturated rings. The van der Waals surface area contributed by atoms with Crippen molar-refractivity contribution in [1.29, 1.82) is 0 Å². The highest BCUT2D eigenvalue weighted by molar-refractivity contribution is 6.33. The highest BCUT2D eigenvalue weighted by Gasteiger charge is 2.24. The average Bonchev–Trinajstić information content (AvgIpc) is 2.81. The minimum atomic E-state index is 0.709. The lowest BCUT2D eigenvalue weighted by atomic mass is 10.3. The SMILES string of the molecule is CCN1CCCn2nc(-c3nc(C)nn3C)c(Cl)c2C1. The summed E-state index contributed by atoms with van der Waals surface area (Å²) in [5.41, 5.74) is 1.82. The number of nitrogens with zero attached hydrogens (tertiary/aromatic N) is 6. The van der Waals surface area contributed by atoms with Gasteiger partial charge in [-0.3, -0.25) is 9.58 Å². The number of hydrogen-bond acceptors (Lipinski definition) is 4. The Morgan fingerprint density at radius 2 is 2.05 bits per heavy atom. The Bertz CT molecular complexity index is 629. The predicted octanol–water partition coefficient (Wildman–Crippen LogP) is 1.87. The number of rotatable bonds is 2. The Balaban J connectivity index is 2.05. The largest absolute Gasteiger partial charge is 0.298 e. The second kappa shape index (κ2) is 5.18. The van der Waals surface area contributed by atoms with Gasteiger partial charge in [-0.05, 0) is 19.9 Å². The van der Waals surface area contributed by atoms with Crippen LogP contribution in [0.1, 0.15) is 24.9 Å². The molecular weight excluding hydrogens is 276 g/mol. The summed E-state index contributed by atoms with van der Waals surface area (Å²) >= 11 is 6.56. The summed E-state index contributed by atoms with van der Waals surface area (Å²) in [5, 5.41) is 9.64. The van der Waals surface area contributed by atoms with E-state index in [4.69, 9.17) is 11.6 Å². The fraction of sp³-hybridized carbons (Fsp3) is 0.615. The molecule has 0 saturated heterocycles. The fourth-order valence-electron chi connectivity index (χ4n) is 2.68. The predicted molar refractivity (Wildman–Crippen MR) is 77.5 cm³/mol. The van der Waals surface area contributed by atoms with Crippen LogP contribution in [0.15, 0.2) is 0 Å². The molecule has 0 atom stereocenters. The zero-order valence-corrected chi connectivity index (χ0v) is 12.9. The van der Waals surface area contributed by atoms with Crippen molar-refractivity contribution in [3.05, 3.63) is 16.5 Å². The van der Waals surface area contributed by atoms with Crippen LogP contribution in [0, 0.1) is 6.92 Å². The maximum absolute atomic E-state index is 6.56. The third-order valence-corrected chi connectivity index (χ3v) is 4.14. The summed E-state index contributed by atoms with van der Waals surface area (Å²) in [7, 11) is 1.87. The molecule has 7 heteroatoms. The third-order valence-electron chi connectivity index (χ3n) is 3.74. The molecule has 2 aromatic heterocycles. The Morgan fingerprint density at radius 1 is 1.25 bits per heavy atom. The molecule has 1 aliphatic heterocycles. The van der Waals surface area contributed by atoms with E-state index in [1.807, 2.05) is 18.7 Å². The molecule has 0 unspecified atom stereocenters. The van der Waals surface area contributed by atoms with E-state index >= 15 is 0 Å². The normalized spacial score (nSPS) is 16.2. The van der Waals surface area contributed by atoms with Gasteiger partial charge in [0, 0.05) is 26.7 Å². The highest BCUT2D eigenvalue weighted by atomic mass is 35.5. The summed E-state index contributed by atoms with van der Waals surface area (Å²) in [6, 6.07) is 0. The van der Waals surface area contributed by atoms with Crippen LogP contribution >= 0.6 is 11.6 Å². The molecule has 20 heavy (non-hydrogen) atoms. The third kappa shape index (κ3) is 2.23. The molecule has 6 nitrogen and oxygen atoms in total. The van der Waals surface area contributed by atoms with Gasteiger partial charge in [0.15, 0.2) is 5.82 Å². The molecule has 0 amide bonds. The summed E-state index contributed by atoms with van der Waals surface area (Å²) in [6.07, 6.45) is 1.09. The van der Waals surface area contributed by atoms with Crippen LogP contribution in [0.5, 0.6) is 0 Å². The van der Waals surface area contributed by atoms with E-state index in [0.717, 1.165) is 55.6 Å².